The van der Waals surface area contributed by atoms with Crippen molar-refractivity contribution in [3.63, 3.8) is 0 Å². The molecular weight excluding hydrogens is 243 g/mol. The zero-order chi connectivity index (χ0) is 11.7. The van der Waals surface area contributed by atoms with Crippen LogP contribution in [-0.2, 0) is 36.0 Å². The Hall–Kier alpha value is -1.07. The summed E-state index contributed by atoms with van der Waals surface area (Å²) in [5.74, 6) is -0.750. The Balaban J connectivity index is -0.000000180. The minimum atomic E-state index is -0.187. The Kier molecular flexibility index (Phi) is 14.3. The summed E-state index contributed by atoms with van der Waals surface area (Å²) in [4.78, 5) is 39.9. The molecule has 87 valence electrons. The van der Waals surface area contributed by atoms with E-state index in [0.29, 0.717) is 0 Å². The maximum Gasteiger partial charge on any atom is 2.00 e. The molecule has 0 saturated carbocycles. The molecule has 0 bridgehead atoms. The van der Waals surface area contributed by atoms with Crippen LogP contribution in [0.3, 0.4) is 0 Å². The zero-order valence-electron chi connectivity index (χ0n) is 9.12. The van der Waals surface area contributed by atoms with Gasteiger partial charge in [-0.3, -0.25) is 12.8 Å². The first-order valence-electron chi connectivity index (χ1n) is 3.97. The summed E-state index contributed by atoms with van der Waals surface area (Å²) in [6.45, 7) is 5.39. The van der Waals surface area contributed by atoms with Crippen LogP contribution in [0.25, 0.3) is 0 Å². The zero-order valence-corrected chi connectivity index (χ0v) is 10.2. The van der Waals surface area contributed by atoms with Crippen molar-refractivity contribution in [3.05, 3.63) is 12.8 Å². The average molecular weight is 257 g/mol. The van der Waals surface area contributed by atoms with Crippen LogP contribution in [0.2, 0.25) is 0 Å². The molecule has 0 aromatic heterocycles. The molecule has 0 spiro atoms. The van der Waals surface area contributed by atoms with Gasteiger partial charge >= 0.3 is 16.8 Å². The normalized spacial score (nSPS) is 7.20. The number of hydrogen-bond acceptors (Lipinski definition) is 4. The van der Waals surface area contributed by atoms with Gasteiger partial charge in [-0.15, -0.1) is 0 Å². The molecule has 0 aliphatic heterocycles. The first-order valence-corrected chi connectivity index (χ1v) is 3.97. The second-order valence-electron chi connectivity index (χ2n) is 2.73. The smallest absolute Gasteiger partial charge is 0.334 e. The predicted molar refractivity (Wildman–Crippen MR) is 51.3 cm³/mol. The molecular formula is C10H14CoO4. The van der Waals surface area contributed by atoms with E-state index in [1.165, 1.54) is 27.7 Å². The van der Waals surface area contributed by atoms with Gasteiger partial charge in [-0.25, -0.2) is 0 Å². The Bertz CT molecular complexity index is 196. The molecule has 1 radical (unpaired) electrons. The molecule has 15 heavy (non-hydrogen) atoms. The number of carbonyl (C=O) groups excluding carboxylic acids is 4. The van der Waals surface area contributed by atoms with Crippen molar-refractivity contribution in [2.24, 2.45) is 0 Å². The second-order valence-corrected chi connectivity index (χ2v) is 2.73. The summed E-state index contributed by atoms with van der Waals surface area (Å²) >= 11 is 0. The van der Waals surface area contributed by atoms with E-state index in [1.807, 2.05) is 0 Å². The second kappa shape index (κ2) is 11.0. The molecule has 0 fully saturated rings. The van der Waals surface area contributed by atoms with Crippen LogP contribution in [0.4, 0.5) is 0 Å². The van der Waals surface area contributed by atoms with E-state index in [2.05, 4.69) is 0 Å². The number of Topliss-reactive ketones (excluding diaryl/α,β-unsaturated/α-hetero) is 4. The molecule has 0 atom stereocenters. The maximum atomic E-state index is 9.98. The van der Waals surface area contributed by atoms with Crippen LogP contribution in [0.1, 0.15) is 27.7 Å². The van der Waals surface area contributed by atoms with Crippen molar-refractivity contribution in [1.29, 1.82) is 0 Å². The predicted octanol–water partition coefficient (Wildman–Crippen LogP) is 0.735. The third kappa shape index (κ3) is 32.2. The maximum absolute atomic E-state index is 9.98. The first kappa shape index (κ1) is 19.5. The standard InChI is InChI=1S/2C5H7O2.Co/c2*1-4(6)3-5(2)7;/h2*3H,1-2H3;/q2*-1;+2. The molecule has 0 heterocycles. The minimum absolute atomic E-state index is 0. The Labute approximate surface area is 100.0 Å². The number of carbonyl (C=O) groups is 4. The summed E-state index contributed by atoms with van der Waals surface area (Å²) < 4.78 is 0. The van der Waals surface area contributed by atoms with E-state index in [9.17, 15) is 19.2 Å². The van der Waals surface area contributed by atoms with Crippen LogP contribution in [0, 0.1) is 12.8 Å². The monoisotopic (exact) mass is 257 g/mol. The molecule has 0 aliphatic rings. The van der Waals surface area contributed by atoms with Crippen molar-refractivity contribution in [1.82, 2.24) is 0 Å². The van der Waals surface area contributed by atoms with Crippen molar-refractivity contribution in [2.45, 2.75) is 27.7 Å². The molecule has 0 N–H and O–H groups in total. The van der Waals surface area contributed by atoms with Crippen molar-refractivity contribution in [2.75, 3.05) is 0 Å². The van der Waals surface area contributed by atoms with Gasteiger partial charge in [0.15, 0.2) is 0 Å². The van der Waals surface area contributed by atoms with Gasteiger partial charge in [-0.05, 0) is 27.7 Å². The number of hydrogen-bond donors (Lipinski definition) is 0. The van der Waals surface area contributed by atoms with Gasteiger partial charge in [0.1, 0.15) is 0 Å². The van der Waals surface area contributed by atoms with Crippen molar-refractivity contribution in [3.8, 4) is 0 Å². The molecule has 5 heteroatoms. The van der Waals surface area contributed by atoms with Crippen LogP contribution >= 0.6 is 0 Å². The molecule has 4 nitrogen and oxygen atoms in total. The van der Waals surface area contributed by atoms with Crippen molar-refractivity contribution < 1.29 is 36.0 Å². The van der Waals surface area contributed by atoms with Gasteiger partial charge in [-0.1, -0.05) is 0 Å². The summed E-state index contributed by atoms with van der Waals surface area (Å²) in [5, 5.41) is 0. The van der Waals surface area contributed by atoms with Gasteiger partial charge < -0.3 is 19.2 Å². The van der Waals surface area contributed by atoms with E-state index in [-0.39, 0.29) is 39.9 Å². The van der Waals surface area contributed by atoms with E-state index >= 15 is 0 Å². The first-order chi connectivity index (χ1) is 6.25. The SMILES string of the molecule is CC(=O)[CH-]C(C)=O.CC(=O)[CH-]C(C)=O.[Co+2]. The van der Waals surface area contributed by atoms with Crippen LogP contribution < -0.4 is 0 Å². The van der Waals surface area contributed by atoms with E-state index in [1.54, 1.807) is 0 Å². The summed E-state index contributed by atoms with van der Waals surface area (Å²) in [6.07, 6.45) is 2.11. The van der Waals surface area contributed by atoms with E-state index in [0.717, 1.165) is 12.8 Å². The Morgan fingerprint density at radius 3 is 0.733 bits per heavy atom. The molecule has 0 aliphatic carbocycles. The molecule has 0 unspecified atom stereocenters. The number of rotatable bonds is 4. The average Bonchev–Trinajstić information content (AvgIpc) is 1.79. The molecule has 0 rings (SSSR count). The largest absolute Gasteiger partial charge is 2.00 e. The molecule has 0 saturated heterocycles. The van der Waals surface area contributed by atoms with Crippen LogP contribution in [0.5, 0.6) is 0 Å². The molecule has 0 aromatic carbocycles. The fourth-order valence-corrected chi connectivity index (χ4v) is 0.572. The third-order valence-electron chi connectivity index (χ3n) is 0.813. The van der Waals surface area contributed by atoms with Gasteiger partial charge in [0, 0.05) is 23.1 Å². The fourth-order valence-electron chi connectivity index (χ4n) is 0.572. The van der Waals surface area contributed by atoms with Gasteiger partial charge in [0.05, 0.1) is 0 Å². The minimum Gasteiger partial charge on any atom is -0.334 e. The number of ketones is 4. The Morgan fingerprint density at radius 2 is 0.733 bits per heavy atom. The van der Waals surface area contributed by atoms with Crippen molar-refractivity contribution >= 4 is 23.1 Å². The quantitative estimate of drug-likeness (QED) is 0.550. The summed E-state index contributed by atoms with van der Waals surface area (Å²) in [7, 11) is 0. The Morgan fingerprint density at radius 1 is 0.600 bits per heavy atom. The molecule has 0 aromatic rings. The topological polar surface area (TPSA) is 68.3 Å². The summed E-state index contributed by atoms with van der Waals surface area (Å²) in [6, 6.07) is 0. The fraction of sp³-hybridized carbons (Fsp3) is 0.400. The van der Waals surface area contributed by atoms with Crippen LogP contribution in [0.15, 0.2) is 0 Å². The summed E-state index contributed by atoms with van der Waals surface area (Å²) in [5.41, 5.74) is 0. The van der Waals surface area contributed by atoms with Crippen LogP contribution in [-0.4, -0.2) is 23.1 Å². The van der Waals surface area contributed by atoms with E-state index < -0.39 is 0 Å². The van der Waals surface area contributed by atoms with Gasteiger partial charge in [-0.2, -0.15) is 0 Å². The molecule has 0 amide bonds. The van der Waals surface area contributed by atoms with Gasteiger partial charge in [0.2, 0.25) is 0 Å². The van der Waals surface area contributed by atoms with E-state index in [4.69, 9.17) is 0 Å². The van der Waals surface area contributed by atoms with Gasteiger partial charge in [0.25, 0.3) is 0 Å². The third-order valence-corrected chi connectivity index (χ3v) is 0.813.